The van der Waals surface area contributed by atoms with E-state index in [-0.39, 0.29) is 17.5 Å². The van der Waals surface area contributed by atoms with Crippen LogP contribution >= 0.6 is 22.6 Å². The molecule has 180 valence electrons. The second-order valence-electron chi connectivity index (χ2n) is 9.47. The number of urea groups is 1. The molecule has 1 aromatic carbocycles. The van der Waals surface area contributed by atoms with Crippen LogP contribution in [0.15, 0.2) is 29.3 Å². The average molecular weight is 566 g/mol. The van der Waals surface area contributed by atoms with E-state index in [0.29, 0.717) is 25.4 Å². The monoisotopic (exact) mass is 566 g/mol. The van der Waals surface area contributed by atoms with Gasteiger partial charge in [-0.15, -0.1) is 0 Å². The number of halogens is 1. The van der Waals surface area contributed by atoms with Gasteiger partial charge in [-0.25, -0.2) is 4.79 Å². The van der Waals surface area contributed by atoms with Gasteiger partial charge in [-0.05, 0) is 72.4 Å². The summed E-state index contributed by atoms with van der Waals surface area (Å²) in [5.41, 5.74) is 0.936. The number of amidine groups is 1. The van der Waals surface area contributed by atoms with Crippen LogP contribution in [0.4, 0.5) is 4.79 Å². The molecule has 7 nitrogen and oxygen atoms in total. The first-order valence-electron chi connectivity index (χ1n) is 12.2. The van der Waals surface area contributed by atoms with Crippen LogP contribution in [-0.4, -0.2) is 66.0 Å². The van der Waals surface area contributed by atoms with Crippen LogP contribution in [0, 0.1) is 3.57 Å². The fraction of sp³-hybridized carbons (Fsp3) is 0.640. The summed E-state index contributed by atoms with van der Waals surface area (Å²) in [7, 11) is 1.41. The number of methoxy groups -OCH3 is 1. The highest BCUT2D eigenvalue weighted by Crippen LogP contribution is 2.36. The zero-order valence-corrected chi connectivity index (χ0v) is 21.7. The van der Waals surface area contributed by atoms with Gasteiger partial charge >= 0.3 is 12.0 Å². The SMILES string of the molecule is COC(=O)CCCN1C(=O)NC(=NC2CCCCC2)C12CCN(Cc1ccc(I)cc1)CC2. The van der Waals surface area contributed by atoms with Gasteiger partial charge in [0.2, 0.25) is 0 Å². The van der Waals surface area contributed by atoms with Crippen molar-refractivity contribution in [1.29, 1.82) is 0 Å². The van der Waals surface area contributed by atoms with Gasteiger partial charge in [0.1, 0.15) is 11.4 Å². The fourth-order valence-corrected chi connectivity index (χ4v) is 5.75. The van der Waals surface area contributed by atoms with E-state index in [1.165, 1.54) is 35.5 Å². The third-order valence-corrected chi connectivity index (χ3v) is 8.03. The average Bonchev–Trinajstić information content (AvgIpc) is 3.07. The summed E-state index contributed by atoms with van der Waals surface area (Å²) < 4.78 is 6.04. The highest BCUT2D eigenvalue weighted by atomic mass is 127. The number of amides is 2. The molecule has 4 rings (SSSR count). The Labute approximate surface area is 210 Å². The predicted molar refractivity (Wildman–Crippen MR) is 137 cm³/mol. The molecule has 8 heteroatoms. The van der Waals surface area contributed by atoms with E-state index in [1.807, 2.05) is 4.90 Å². The van der Waals surface area contributed by atoms with Gasteiger partial charge in [0.25, 0.3) is 0 Å². The molecule has 1 aromatic rings. The lowest BCUT2D eigenvalue weighted by atomic mass is 9.84. The van der Waals surface area contributed by atoms with E-state index >= 15 is 0 Å². The van der Waals surface area contributed by atoms with Crippen molar-refractivity contribution in [3.05, 3.63) is 33.4 Å². The molecule has 0 radical (unpaired) electrons. The highest BCUT2D eigenvalue weighted by molar-refractivity contribution is 14.1. The Kier molecular flexibility index (Phi) is 8.27. The minimum absolute atomic E-state index is 0.0690. The molecule has 1 aliphatic carbocycles. The first-order chi connectivity index (χ1) is 16.0. The summed E-state index contributed by atoms with van der Waals surface area (Å²) >= 11 is 2.33. The van der Waals surface area contributed by atoms with E-state index in [0.717, 1.165) is 51.2 Å². The Morgan fingerprint density at radius 2 is 1.88 bits per heavy atom. The van der Waals surface area contributed by atoms with Gasteiger partial charge in [-0.3, -0.25) is 20.0 Å². The molecule has 2 heterocycles. The fourth-order valence-electron chi connectivity index (χ4n) is 5.39. The number of ether oxygens (including phenoxy) is 1. The van der Waals surface area contributed by atoms with Crippen molar-refractivity contribution in [3.63, 3.8) is 0 Å². The van der Waals surface area contributed by atoms with Crippen LogP contribution in [0.2, 0.25) is 0 Å². The standard InChI is InChI=1S/C25H35IN4O3/c1-33-22(31)8-5-15-30-24(32)28-23(27-21-6-3-2-4-7-21)25(30)13-16-29(17-14-25)18-19-9-11-20(26)12-10-19/h9-12,21H,2-8,13-18H2,1H3,(H,27,28,32). The van der Waals surface area contributed by atoms with Crippen molar-refractivity contribution in [2.24, 2.45) is 4.99 Å². The molecule has 3 aliphatic rings. The van der Waals surface area contributed by atoms with Crippen molar-refractivity contribution in [2.75, 3.05) is 26.7 Å². The normalized spacial score (nSPS) is 22.7. The molecule has 3 fully saturated rings. The van der Waals surface area contributed by atoms with Gasteiger partial charge in [-0.1, -0.05) is 31.4 Å². The second-order valence-corrected chi connectivity index (χ2v) is 10.7. The Balaban J connectivity index is 1.48. The van der Waals surface area contributed by atoms with Gasteiger partial charge in [0, 0.05) is 36.2 Å². The molecule has 33 heavy (non-hydrogen) atoms. The Morgan fingerprint density at radius 1 is 1.18 bits per heavy atom. The highest BCUT2D eigenvalue weighted by Gasteiger charge is 2.52. The van der Waals surface area contributed by atoms with Crippen LogP contribution in [0.3, 0.4) is 0 Å². The summed E-state index contributed by atoms with van der Waals surface area (Å²) in [4.78, 5) is 34.2. The number of carbonyl (C=O) groups excluding carboxylic acids is 2. The molecule has 1 N–H and O–H groups in total. The first kappa shape index (κ1) is 24.4. The lowest BCUT2D eigenvalue weighted by molar-refractivity contribution is -0.140. The van der Waals surface area contributed by atoms with E-state index < -0.39 is 0 Å². The molecule has 1 saturated carbocycles. The van der Waals surface area contributed by atoms with Gasteiger partial charge in [-0.2, -0.15) is 0 Å². The summed E-state index contributed by atoms with van der Waals surface area (Å²) in [6, 6.07) is 8.94. The Morgan fingerprint density at radius 3 is 2.55 bits per heavy atom. The molecule has 0 bridgehead atoms. The number of carbonyl (C=O) groups is 2. The lowest BCUT2D eigenvalue weighted by Gasteiger charge is -2.44. The minimum atomic E-state index is -0.382. The number of piperidine rings is 1. The predicted octanol–water partition coefficient (Wildman–Crippen LogP) is 4.34. The number of hydrogen-bond acceptors (Lipinski definition) is 5. The number of benzene rings is 1. The molecule has 2 amide bonds. The van der Waals surface area contributed by atoms with Gasteiger partial charge in [0.15, 0.2) is 0 Å². The van der Waals surface area contributed by atoms with Crippen LogP contribution in [0.1, 0.15) is 63.4 Å². The molecule has 0 aromatic heterocycles. The molecule has 2 saturated heterocycles. The number of likely N-dealkylation sites (tertiary alicyclic amines) is 1. The summed E-state index contributed by atoms with van der Waals surface area (Å²) in [5, 5.41) is 3.14. The summed E-state index contributed by atoms with van der Waals surface area (Å²) in [5.74, 6) is 0.637. The van der Waals surface area contributed by atoms with E-state index in [2.05, 4.69) is 57.1 Å². The van der Waals surface area contributed by atoms with E-state index in [4.69, 9.17) is 9.73 Å². The van der Waals surface area contributed by atoms with Gasteiger partial charge < -0.3 is 9.64 Å². The summed E-state index contributed by atoms with van der Waals surface area (Å²) in [6.45, 7) is 3.30. The number of aliphatic imine (C=N–C) groups is 1. The summed E-state index contributed by atoms with van der Waals surface area (Å²) in [6.07, 6.45) is 8.58. The Bertz CT molecular complexity index is 859. The Hall–Kier alpha value is -1.68. The van der Waals surface area contributed by atoms with Crippen molar-refractivity contribution < 1.29 is 14.3 Å². The first-order valence-corrected chi connectivity index (χ1v) is 13.3. The minimum Gasteiger partial charge on any atom is -0.469 e. The van der Waals surface area contributed by atoms with E-state index in [1.54, 1.807) is 0 Å². The van der Waals surface area contributed by atoms with Crippen LogP contribution < -0.4 is 5.32 Å². The lowest BCUT2D eigenvalue weighted by Crippen LogP contribution is -2.56. The number of esters is 1. The largest absolute Gasteiger partial charge is 0.469 e. The maximum Gasteiger partial charge on any atom is 0.323 e. The second kappa shape index (κ2) is 11.2. The molecular weight excluding hydrogens is 531 g/mol. The molecule has 0 unspecified atom stereocenters. The van der Waals surface area contributed by atoms with Crippen LogP contribution in [0.25, 0.3) is 0 Å². The van der Waals surface area contributed by atoms with Crippen molar-refractivity contribution in [3.8, 4) is 0 Å². The molecule has 0 atom stereocenters. The van der Waals surface area contributed by atoms with Crippen molar-refractivity contribution in [2.45, 2.75) is 75.9 Å². The van der Waals surface area contributed by atoms with Crippen LogP contribution in [-0.2, 0) is 16.1 Å². The van der Waals surface area contributed by atoms with Gasteiger partial charge in [0.05, 0.1) is 13.2 Å². The third kappa shape index (κ3) is 5.88. The third-order valence-electron chi connectivity index (χ3n) is 7.31. The maximum atomic E-state index is 13.1. The number of nitrogens with zero attached hydrogens (tertiary/aromatic N) is 3. The zero-order chi connectivity index (χ0) is 23.3. The van der Waals surface area contributed by atoms with Crippen molar-refractivity contribution in [1.82, 2.24) is 15.1 Å². The molecule has 1 spiro atoms. The quantitative estimate of drug-likeness (QED) is 0.394. The maximum absolute atomic E-state index is 13.1. The topological polar surface area (TPSA) is 74.2 Å². The molecular formula is C25H35IN4O3. The number of rotatable bonds is 7. The smallest absolute Gasteiger partial charge is 0.323 e. The van der Waals surface area contributed by atoms with E-state index in [9.17, 15) is 9.59 Å². The molecule has 2 aliphatic heterocycles. The number of hydrogen-bond donors (Lipinski definition) is 1. The van der Waals surface area contributed by atoms with Crippen LogP contribution in [0.5, 0.6) is 0 Å². The van der Waals surface area contributed by atoms with Crippen molar-refractivity contribution >= 4 is 40.4 Å². The number of nitrogens with one attached hydrogen (secondary N) is 1. The zero-order valence-electron chi connectivity index (χ0n) is 19.5.